The van der Waals surface area contributed by atoms with Crippen LogP contribution in [0.5, 0.6) is 0 Å². The van der Waals surface area contributed by atoms with E-state index in [9.17, 15) is 0 Å². The van der Waals surface area contributed by atoms with Gasteiger partial charge in [0, 0.05) is 19.2 Å². The maximum atomic E-state index is 8.78. The molecule has 1 aliphatic rings. The van der Waals surface area contributed by atoms with Crippen LogP contribution in [0.25, 0.3) is 4.98 Å². The Morgan fingerprint density at radius 3 is 2.69 bits per heavy atom. The fraction of sp³-hybridized carbons (Fsp3) is 0.455. The zero-order valence-electron chi connectivity index (χ0n) is 9.31. The van der Waals surface area contributed by atoms with Crippen LogP contribution in [0.4, 0.5) is 17.1 Å². The number of nitrogens with two attached hydrogens (primary N) is 1. The first kappa shape index (κ1) is 10.7. The summed E-state index contributed by atoms with van der Waals surface area (Å²) in [6, 6.07) is 3.67. The van der Waals surface area contributed by atoms with E-state index in [0.717, 1.165) is 37.6 Å². The molecule has 2 rings (SSSR count). The lowest BCUT2D eigenvalue weighted by molar-refractivity contribution is 0.123. The molecule has 84 valence electrons. The van der Waals surface area contributed by atoms with Gasteiger partial charge >= 0.3 is 5.69 Å². The summed E-state index contributed by atoms with van der Waals surface area (Å²) >= 11 is 0. The number of anilines is 2. The third-order valence-corrected chi connectivity index (χ3v) is 2.92. The number of morpholine rings is 1. The minimum atomic E-state index is 0.523. The van der Waals surface area contributed by atoms with Gasteiger partial charge in [0.25, 0.3) is 0 Å². The molecule has 5 heteroatoms. The molecule has 2 N–H and O–H groups in total. The van der Waals surface area contributed by atoms with Crippen LogP contribution in [-0.2, 0) is 4.74 Å². The lowest BCUT2D eigenvalue weighted by Crippen LogP contribution is -2.36. The van der Waals surface area contributed by atoms with Crippen molar-refractivity contribution in [2.75, 3.05) is 36.9 Å². The van der Waals surface area contributed by atoms with Crippen LogP contribution in [0.3, 0.4) is 0 Å². The summed E-state index contributed by atoms with van der Waals surface area (Å²) in [5.41, 5.74) is 9.04. The zero-order chi connectivity index (χ0) is 11.5. The van der Waals surface area contributed by atoms with Crippen molar-refractivity contribution in [3.05, 3.63) is 22.7 Å². The molecule has 1 fully saturated rings. The Balaban J connectivity index is 2.35. The Labute approximate surface area is 94.4 Å². The van der Waals surface area contributed by atoms with Crippen molar-refractivity contribution in [1.29, 1.82) is 5.39 Å². The molecule has 0 aromatic heterocycles. The van der Waals surface area contributed by atoms with Crippen molar-refractivity contribution in [2.45, 2.75) is 6.92 Å². The van der Waals surface area contributed by atoms with E-state index in [4.69, 9.17) is 15.9 Å². The lowest BCUT2D eigenvalue weighted by Gasteiger charge is -2.29. The second-order valence-corrected chi connectivity index (χ2v) is 3.84. The summed E-state index contributed by atoms with van der Waals surface area (Å²) in [5, 5.41) is 8.78. The fourth-order valence-corrected chi connectivity index (χ4v) is 1.89. The first-order valence-corrected chi connectivity index (χ1v) is 5.31. The molecule has 0 spiro atoms. The highest BCUT2D eigenvalue weighted by Gasteiger charge is 2.20. The summed E-state index contributed by atoms with van der Waals surface area (Å²) in [6.07, 6.45) is 0. The van der Waals surface area contributed by atoms with Gasteiger partial charge in [0.2, 0.25) is 5.39 Å². The highest BCUT2D eigenvalue weighted by molar-refractivity contribution is 5.78. The van der Waals surface area contributed by atoms with Gasteiger partial charge in [0.1, 0.15) is 0 Å². The topological polar surface area (TPSA) is 66.6 Å². The molecule has 0 radical (unpaired) electrons. The monoisotopic (exact) mass is 219 g/mol. The van der Waals surface area contributed by atoms with E-state index < -0.39 is 0 Å². The Morgan fingerprint density at radius 2 is 2.06 bits per heavy atom. The van der Waals surface area contributed by atoms with Gasteiger partial charge in [-0.05, 0) is 13.0 Å². The van der Waals surface area contributed by atoms with E-state index in [2.05, 4.69) is 9.88 Å². The predicted molar refractivity (Wildman–Crippen MR) is 63.4 cm³/mol. The third kappa shape index (κ3) is 1.79. The van der Waals surface area contributed by atoms with Crippen LogP contribution in [0.15, 0.2) is 12.1 Å². The smallest absolute Gasteiger partial charge is 0.390 e. The summed E-state index contributed by atoms with van der Waals surface area (Å²) in [5.74, 6) is 0. The maximum Gasteiger partial charge on any atom is 0.390 e. The van der Waals surface area contributed by atoms with Crippen molar-refractivity contribution in [3.8, 4) is 0 Å². The third-order valence-electron chi connectivity index (χ3n) is 2.92. The standard InChI is InChI=1S/C11H15N4O/c1-8-9(14-13)2-3-10(11(8)12)15-4-6-16-7-5-15/h2-3H,4-7,12H2,1H3/q+1. The fourth-order valence-electron chi connectivity index (χ4n) is 1.89. The highest BCUT2D eigenvalue weighted by Crippen LogP contribution is 2.33. The largest absolute Gasteiger partial charge is 0.397 e. The Bertz CT molecular complexity index is 432. The van der Waals surface area contributed by atoms with Gasteiger partial charge in [-0.15, -0.1) is 0 Å². The van der Waals surface area contributed by atoms with E-state index >= 15 is 0 Å². The van der Waals surface area contributed by atoms with Crippen molar-refractivity contribution in [1.82, 2.24) is 0 Å². The average molecular weight is 219 g/mol. The van der Waals surface area contributed by atoms with E-state index in [-0.39, 0.29) is 0 Å². The van der Waals surface area contributed by atoms with Crippen LogP contribution in [0.1, 0.15) is 5.56 Å². The molecular weight excluding hydrogens is 204 g/mol. The number of hydrogen-bond acceptors (Lipinski definition) is 4. The molecule has 1 heterocycles. The quantitative estimate of drug-likeness (QED) is 0.578. The first-order valence-electron chi connectivity index (χ1n) is 5.31. The van der Waals surface area contributed by atoms with Gasteiger partial charge in [-0.2, -0.15) is 0 Å². The predicted octanol–water partition coefficient (Wildman–Crippen LogP) is 1.90. The van der Waals surface area contributed by atoms with E-state index in [1.807, 2.05) is 13.0 Å². The molecule has 16 heavy (non-hydrogen) atoms. The van der Waals surface area contributed by atoms with E-state index in [0.29, 0.717) is 11.4 Å². The number of benzene rings is 1. The SMILES string of the molecule is Cc1c([N+]#N)ccc(N2CCOCC2)c1N. The number of rotatable bonds is 1. The average Bonchev–Trinajstić information content (AvgIpc) is 2.34. The molecule has 0 bridgehead atoms. The molecule has 1 aromatic rings. The van der Waals surface area contributed by atoms with Crippen LogP contribution >= 0.6 is 0 Å². The van der Waals surface area contributed by atoms with Gasteiger partial charge in [0.15, 0.2) is 4.98 Å². The summed E-state index contributed by atoms with van der Waals surface area (Å²) in [6.45, 7) is 5.00. The van der Waals surface area contributed by atoms with Crippen molar-refractivity contribution >= 4 is 17.1 Å². The summed E-state index contributed by atoms with van der Waals surface area (Å²) in [4.78, 5) is 5.38. The zero-order valence-corrected chi connectivity index (χ0v) is 9.31. The molecule has 1 aromatic carbocycles. The summed E-state index contributed by atoms with van der Waals surface area (Å²) < 4.78 is 5.30. The molecule has 0 aliphatic carbocycles. The van der Waals surface area contributed by atoms with Crippen LogP contribution in [-0.4, -0.2) is 26.3 Å². The molecular formula is C11H15N4O+. The van der Waals surface area contributed by atoms with Gasteiger partial charge in [-0.25, -0.2) is 0 Å². The highest BCUT2D eigenvalue weighted by atomic mass is 16.5. The Kier molecular flexibility index (Phi) is 2.93. The summed E-state index contributed by atoms with van der Waals surface area (Å²) in [7, 11) is 0. The molecule has 0 amide bonds. The first-order chi connectivity index (χ1) is 7.74. The minimum absolute atomic E-state index is 0.523. The number of ether oxygens (including phenoxy) is 1. The Morgan fingerprint density at radius 1 is 1.38 bits per heavy atom. The molecule has 1 saturated heterocycles. The van der Waals surface area contributed by atoms with E-state index in [1.54, 1.807) is 6.07 Å². The number of nitrogens with zero attached hydrogens (tertiary/aromatic N) is 3. The van der Waals surface area contributed by atoms with Crippen LogP contribution < -0.4 is 10.6 Å². The minimum Gasteiger partial charge on any atom is -0.397 e. The lowest BCUT2D eigenvalue weighted by atomic mass is 10.1. The second kappa shape index (κ2) is 4.37. The molecule has 0 atom stereocenters. The molecule has 5 nitrogen and oxygen atoms in total. The molecule has 0 saturated carbocycles. The maximum absolute atomic E-state index is 8.78. The van der Waals surface area contributed by atoms with Crippen molar-refractivity contribution in [2.24, 2.45) is 0 Å². The van der Waals surface area contributed by atoms with Gasteiger partial charge in [0.05, 0.1) is 30.2 Å². The molecule has 1 aliphatic heterocycles. The van der Waals surface area contributed by atoms with Crippen molar-refractivity contribution < 1.29 is 4.74 Å². The number of diazo groups is 1. The number of nitrogen functional groups attached to an aromatic ring is 1. The van der Waals surface area contributed by atoms with Crippen LogP contribution in [0.2, 0.25) is 0 Å². The van der Waals surface area contributed by atoms with Gasteiger partial charge in [-0.1, -0.05) is 0 Å². The number of hydrogen-bond donors (Lipinski definition) is 1. The van der Waals surface area contributed by atoms with Gasteiger partial charge < -0.3 is 15.4 Å². The van der Waals surface area contributed by atoms with Crippen molar-refractivity contribution in [3.63, 3.8) is 0 Å². The molecule has 0 unspecified atom stereocenters. The van der Waals surface area contributed by atoms with Crippen LogP contribution in [0, 0.1) is 12.3 Å². The normalized spacial score (nSPS) is 15.9. The van der Waals surface area contributed by atoms with E-state index in [1.165, 1.54) is 0 Å². The second-order valence-electron chi connectivity index (χ2n) is 3.84. The van der Waals surface area contributed by atoms with Gasteiger partial charge in [-0.3, -0.25) is 0 Å². The Hall–Kier alpha value is -1.80.